The zero-order valence-corrected chi connectivity index (χ0v) is 13.0. The van der Waals surface area contributed by atoms with E-state index in [1.54, 1.807) is 6.07 Å². The monoisotopic (exact) mass is 313 g/mol. The number of hydrogen-bond acceptors (Lipinski definition) is 2. The van der Waals surface area contributed by atoms with Crippen molar-refractivity contribution < 1.29 is 5.11 Å². The van der Waals surface area contributed by atoms with E-state index in [0.29, 0.717) is 5.75 Å². The van der Waals surface area contributed by atoms with Crippen LogP contribution in [0.4, 0.5) is 0 Å². The van der Waals surface area contributed by atoms with Crippen molar-refractivity contribution in [1.82, 2.24) is 4.90 Å². The van der Waals surface area contributed by atoms with E-state index >= 15 is 0 Å². The summed E-state index contributed by atoms with van der Waals surface area (Å²) in [6, 6.07) is 5.78. The molecule has 1 aromatic carbocycles. The Labute approximate surface area is 119 Å². The fourth-order valence-electron chi connectivity index (χ4n) is 1.94. The first kappa shape index (κ1) is 15.5. The van der Waals surface area contributed by atoms with E-state index in [2.05, 4.69) is 34.7 Å². The van der Waals surface area contributed by atoms with Crippen molar-refractivity contribution in [3.8, 4) is 5.75 Å². The third kappa shape index (κ3) is 5.40. The zero-order chi connectivity index (χ0) is 13.4. The summed E-state index contributed by atoms with van der Waals surface area (Å²) in [5.41, 5.74) is 1.26. The third-order valence-corrected chi connectivity index (χ3v) is 3.71. The summed E-state index contributed by atoms with van der Waals surface area (Å²) in [6.45, 7) is 7.76. The highest BCUT2D eigenvalue weighted by Crippen LogP contribution is 2.25. The largest absolute Gasteiger partial charge is 0.507 e. The van der Waals surface area contributed by atoms with Gasteiger partial charge in [-0.3, -0.25) is 4.90 Å². The van der Waals surface area contributed by atoms with Crippen LogP contribution in [0.15, 0.2) is 22.7 Å². The first-order valence-corrected chi connectivity index (χ1v) is 7.66. The molecule has 0 aliphatic carbocycles. The Morgan fingerprint density at radius 2 is 1.72 bits per heavy atom. The maximum atomic E-state index is 9.50. The summed E-state index contributed by atoms with van der Waals surface area (Å²) >= 11 is 3.37. The first-order chi connectivity index (χ1) is 8.67. The molecule has 1 rings (SSSR count). The fraction of sp³-hybridized carbons (Fsp3) is 0.600. The van der Waals surface area contributed by atoms with Gasteiger partial charge in [0.2, 0.25) is 0 Å². The van der Waals surface area contributed by atoms with Gasteiger partial charge in [0, 0.05) is 6.54 Å². The Bertz CT molecular complexity index is 346. The average Bonchev–Trinajstić information content (AvgIpc) is 2.37. The Hall–Kier alpha value is -0.540. The lowest BCUT2D eigenvalue weighted by molar-refractivity contribution is 0.257. The molecule has 1 N–H and O–H groups in total. The molecule has 0 bridgehead atoms. The number of phenols is 1. The van der Waals surface area contributed by atoms with Crippen LogP contribution in [-0.2, 0) is 6.54 Å². The maximum absolute atomic E-state index is 9.50. The van der Waals surface area contributed by atoms with Crippen LogP contribution in [-0.4, -0.2) is 23.1 Å². The molecular formula is C15H24BrNO. The van der Waals surface area contributed by atoms with Crippen molar-refractivity contribution in [1.29, 1.82) is 0 Å². The molecule has 18 heavy (non-hydrogen) atoms. The van der Waals surface area contributed by atoms with Gasteiger partial charge in [0.1, 0.15) is 5.75 Å². The molecule has 0 spiro atoms. The number of benzene rings is 1. The van der Waals surface area contributed by atoms with Crippen LogP contribution in [0, 0.1) is 0 Å². The van der Waals surface area contributed by atoms with Gasteiger partial charge in [-0.2, -0.15) is 0 Å². The molecule has 0 amide bonds. The van der Waals surface area contributed by atoms with Crippen molar-refractivity contribution in [3.05, 3.63) is 28.2 Å². The summed E-state index contributed by atoms with van der Waals surface area (Å²) < 4.78 is 0.783. The number of aromatic hydroxyl groups is 1. The van der Waals surface area contributed by atoms with Gasteiger partial charge in [-0.1, -0.05) is 32.8 Å². The van der Waals surface area contributed by atoms with E-state index in [-0.39, 0.29) is 0 Å². The molecule has 0 aromatic heterocycles. The molecule has 0 aliphatic rings. The van der Waals surface area contributed by atoms with E-state index in [0.717, 1.165) is 24.1 Å². The first-order valence-electron chi connectivity index (χ1n) is 6.87. The van der Waals surface area contributed by atoms with Crippen LogP contribution in [0.25, 0.3) is 0 Å². The van der Waals surface area contributed by atoms with Gasteiger partial charge < -0.3 is 5.11 Å². The van der Waals surface area contributed by atoms with Crippen LogP contribution >= 0.6 is 15.9 Å². The highest BCUT2D eigenvalue weighted by Gasteiger charge is 2.06. The van der Waals surface area contributed by atoms with Crippen molar-refractivity contribution in [2.24, 2.45) is 0 Å². The minimum absolute atomic E-state index is 0.312. The second kappa shape index (κ2) is 8.54. The molecule has 0 heterocycles. The molecule has 3 heteroatoms. The van der Waals surface area contributed by atoms with E-state index in [4.69, 9.17) is 0 Å². The van der Waals surface area contributed by atoms with Crippen LogP contribution in [0.2, 0.25) is 0 Å². The van der Waals surface area contributed by atoms with Gasteiger partial charge in [-0.15, -0.1) is 0 Å². The highest BCUT2D eigenvalue weighted by atomic mass is 79.9. The second-order valence-electron chi connectivity index (χ2n) is 4.77. The minimum Gasteiger partial charge on any atom is -0.507 e. The average molecular weight is 314 g/mol. The van der Waals surface area contributed by atoms with Crippen molar-refractivity contribution in [2.75, 3.05) is 13.1 Å². The number of hydrogen-bond donors (Lipinski definition) is 1. The van der Waals surface area contributed by atoms with E-state index in [1.807, 2.05) is 12.1 Å². The van der Waals surface area contributed by atoms with Crippen LogP contribution in [0.1, 0.15) is 45.1 Å². The van der Waals surface area contributed by atoms with Crippen molar-refractivity contribution in [2.45, 2.75) is 46.1 Å². The molecule has 0 fully saturated rings. The summed E-state index contributed by atoms with van der Waals surface area (Å²) in [5.74, 6) is 0.312. The van der Waals surface area contributed by atoms with E-state index in [1.165, 1.54) is 31.2 Å². The van der Waals surface area contributed by atoms with Gasteiger partial charge in [-0.25, -0.2) is 0 Å². The summed E-state index contributed by atoms with van der Waals surface area (Å²) in [7, 11) is 0. The van der Waals surface area contributed by atoms with Crippen LogP contribution in [0.3, 0.4) is 0 Å². The standard InChI is InChI=1S/C15H24BrNO/c1-3-5-9-17(10-6-4-2)12-13-7-8-15(18)14(16)11-13/h7-8,11,18H,3-6,9-10,12H2,1-2H3. The van der Waals surface area contributed by atoms with E-state index < -0.39 is 0 Å². The number of nitrogens with zero attached hydrogens (tertiary/aromatic N) is 1. The molecule has 0 saturated heterocycles. The summed E-state index contributed by atoms with van der Waals surface area (Å²) in [4.78, 5) is 2.51. The quantitative estimate of drug-likeness (QED) is 0.760. The highest BCUT2D eigenvalue weighted by molar-refractivity contribution is 9.10. The predicted molar refractivity (Wildman–Crippen MR) is 80.9 cm³/mol. The van der Waals surface area contributed by atoms with Crippen LogP contribution in [0.5, 0.6) is 5.75 Å². The molecule has 0 radical (unpaired) electrons. The molecule has 0 aliphatic heterocycles. The number of unbranched alkanes of at least 4 members (excludes halogenated alkanes) is 2. The Morgan fingerprint density at radius 3 is 2.22 bits per heavy atom. The molecule has 2 nitrogen and oxygen atoms in total. The van der Waals surface area contributed by atoms with Crippen molar-refractivity contribution in [3.63, 3.8) is 0 Å². The van der Waals surface area contributed by atoms with Gasteiger partial charge in [0.15, 0.2) is 0 Å². The molecule has 0 unspecified atom stereocenters. The lowest BCUT2D eigenvalue weighted by Gasteiger charge is -2.22. The van der Waals surface area contributed by atoms with E-state index in [9.17, 15) is 5.11 Å². The molecule has 102 valence electrons. The molecule has 0 atom stereocenters. The third-order valence-electron chi connectivity index (χ3n) is 3.07. The fourth-order valence-corrected chi connectivity index (χ4v) is 2.37. The smallest absolute Gasteiger partial charge is 0.129 e. The second-order valence-corrected chi connectivity index (χ2v) is 5.62. The van der Waals surface area contributed by atoms with Crippen molar-refractivity contribution >= 4 is 15.9 Å². The number of halogens is 1. The van der Waals surface area contributed by atoms with Gasteiger partial charge in [-0.05, 0) is 59.6 Å². The minimum atomic E-state index is 0.312. The van der Waals surface area contributed by atoms with Gasteiger partial charge in [0.25, 0.3) is 0 Å². The molecular weight excluding hydrogens is 290 g/mol. The molecule has 1 aromatic rings. The number of phenolic OH excluding ortho intramolecular Hbond substituents is 1. The maximum Gasteiger partial charge on any atom is 0.129 e. The Kier molecular flexibility index (Phi) is 7.36. The zero-order valence-electron chi connectivity index (χ0n) is 11.5. The van der Waals surface area contributed by atoms with Gasteiger partial charge in [0.05, 0.1) is 4.47 Å². The number of rotatable bonds is 8. The molecule has 0 saturated carbocycles. The van der Waals surface area contributed by atoms with Crippen LogP contribution < -0.4 is 0 Å². The lowest BCUT2D eigenvalue weighted by Crippen LogP contribution is -2.25. The predicted octanol–water partition coefficient (Wildman–Crippen LogP) is 4.56. The Morgan fingerprint density at radius 1 is 1.11 bits per heavy atom. The topological polar surface area (TPSA) is 23.5 Å². The normalized spacial score (nSPS) is 11.1. The Balaban J connectivity index is 2.59. The lowest BCUT2D eigenvalue weighted by atomic mass is 10.2. The van der Waals surface area contributed by atoms with Gasteiger partial charge >= 0.3 is 0 Å². The SMILES string of the molecule is CCCCN(CCCC)Cc1ccc(O)c(Br)c1. The summed E-state index contributed by atoms with van der Waals surface area (Å²) in [5, 5.41) is 9.50. The summed E-state index contributed by atoms with van der Waals surface area (Å²) in [6.07, 6.45) is 4.98.